The molecule has 2 aromatic rings. The number of halogens is 3. The van der Waals surface area contributed by atoms with Gasteiger partial charge in [0.25, 0.3) is 5.91 Å². The van der Waals surface area contributed by atoms with E-state index in [1.54, 1.807) is 12.1 Å². The van der Waals surface area contributed by atoms with Gasteiger partial charge in [-0.25, -0.2) is 5.43 Å². The molecule has 0 atom stereocenters. The molecule has 0 saturated heterocycles. The first-order chi connectivity index (χ1) is 13.8. The maximum absolute atomic E-state index is 12.1. The highest BCUT2D eigenvalue weighted by Crippen LogP contribution is 2.23. The minimum atomic E-state index is -0.343. The Hall–Kier alpha value is -2.09. The third kappa shape index (κ3) is 7.68. The van der Waals surface area contributed by atoms with Crippen molar-refractivity contribution in [2.45, 2.75) is 26.4 Å². The lowest BCUT2D eigenvalue weighted by atomic mass is 10.2. The van der Waals surface area contributed by atoms with Crippen molar-refractivity contribution in [3.63, 3.8) is 0 Å². The van der Waals surface area contributed by atoms with Crippen molar-refractivity contribution in [2.24, 2.45) is 5.10 Å². The molecule has 154 valence electrons. The molecule has 0 fully saturated rings. The van der Waals surface area contributed by atoms with E-state index in [9.17, 15) is 9.59 Å². The van der Waals surface area contributed by atoms with Gasteiger partial charge < -0.3 is 10.1 Å². The molecule has 0 radical (unpaired) electrons. The first kappa shape index (κ1) is 23.2. The number of benzene rings is 2. The third-order valence-electron chi connectivity index (χ3n) is 3.55. The van der Waals surface area contributed by atoms with Crippen LogP contribution in [0.25, 0.3) is 0 Å². The smallest absolute Gasteiger partial charge is 0.251 e. The fraction of sp³-hybridized carbons (Fsp3) is 0.250. The van der Waals surface area contributed by atoms with Crippen LogP contribution < -0.4 is 15.5 Å². The predicted molar refractivity (Wildman–Crippen MR) is 119 cm³/mol. The van der Waals surface area contributed by atoms with Crippen molar-refractivity contribution in [3.05, 3.63) is 62.0 Å². The van der Waals surface area contributed by atoms with E-state index >= 15 is 0 Å². The number of hydrogen-bond acceptors (Lipinski definition) is 4. The fourth-order valence-electron chi connectivity index (χ4n) is 2.24. The minimum Gasteiger partial charge on any atom is -0.490 e. The quantitative estimate of drug-likeness (QED) is 0.403. The van der Waals surface area contributed by atoms with Gasteiger partial charge in [-0.15, -0.1) is 0 Å². The molecule has 0 spiro atoms. The number of hydrogen-bond donors (Lipinski definition) is 2. The monoisotopic (exact) mass is 499 g/mol. The third-order valence-corrected chi connectivity index (χ3v) is 4.78. The van der Waals surface area contributed by atoms with Crippen LogP contribution in [0, 0.1) is 0 Å². The number of rotatable bonds is 8. The van der Waals surface area contributed by atoms with Crippen LogP contribution in [0.3, 0.4) is 0 Å². The van der Waals surface area contributed by atoms with Crippen molar-refractivity contribution >= 4 is 57.2 Å². The van der Waals surface area contributed by atoms with E-state index in [4.69, 9.17) is 27.9 Å². The van der Waals surface area contributed by atoms with Crippen molar-refractivity contribution in [1.82, 2.24) is 10.7 Å². The largest absolute Gasteiger partial charge is 0.490 e. The van der Waals surface area contributed by atoms with Crippen LogP contribution in [0.2, 0.25) is 10.0 Å². The SMILES string of the molecule is CC(C)Oc1ccc(Br)cc1C=NNC(=O)CCNC(=O)c1ccc(Cl)c(Cl)c1. The maximum Gasteiger partial charge on any atom is 0.251 e. The molecule has 0 aliphatic heterocycles. The summed E-state index contributed by atoms with van der Waals surface area (Å²) >= 11 is 15.1. The summed E-state index contributed by atoms with van der Waals surface area (Å²) in [6.07, 6.45) is 1.59. The molecule has 0 heterocycles. The van der Waals surface area contributed by atoms with E-state index < -0.39 is 0 Å². The van der Waals surface area contributed by atoms with Crippen LogP contribution in [0.1, 0.15) is 36.2 Å². The van der Waals surface area contributed by atoms with Crippen molar-refractivity contribution < 1.29 is 14.3 Å². The van der Waals surface area contributed by atoms with E-state index in [-0.39, 0.29) is 30.9 Å². The van der Waals surface area contributed by atoms with Crippen LogP contribution >= 0.6 is 39.1 Å². The zero-order valence-electron chi connectivity index (χ0n) is 15.8. The highest BCUT2D eigenvalue weighted by Gasteiger charge is 2.09. The second-order valence-corrected chi connectivity index (χ2v) is 8.01. The van der Waals surface area contributed by atoms with Gasteiger partial charge in [-0.1, -0.05) is 39.1 Å². The Kier molecular flexibility index (Phi) is 8.95. The molecular formula is C20H20BrCl2N3O3. The molecule has 0 unspecified atom stereocenters. The van der Waals surface area contributed by atoms with E-state index in [1.807, 2.05) is 32.0 Å². The Bertz CT molecular complexity index is 920. The molecule has 0 bridgehead atoms. The lowest BCUT2D eigenvalue weighted by Gasteiger charge is -2.12. The summed E-state index contributed by atoms with van der Waals surface area (Å²) in [6, 6.07) is 10.1. The topological polar surface area (TPSA) is 79.8 Å². The number of amides is 2. The highest BCUT2D eigenvalue weighted by atomic mass is 79.9. The summed E-state index contributed by atoms with van der Waals surface area (Å²) in [5.41, 5.74) is 3.52. The lowest BCUT2D eigenvalue weighted by molar-refractivity contribution is -0.120. The molecule has 0 aliphatic rings. The second-order valence-electron chi connectivity index (χ2n) is 6.28. The first-order valence-electron chi connectivity index (χ1n) is 8.77. The molecule has 0 saturated carbocycles. The standard InChI is InChI=1S/C20H20BrCl2N3O3/c1-12(2)29-18-6-4-15(21)9-14(18)11-25-26-19(27)7-8-24-20(28)13-3-5-16(22)17(23)10-13/h3-6,9-12H,7-8H2,1-2H3,(H,24,28)(H,26,27). The molecule has 0 aliphatic carbocycles. The molecule has 0 aromatic heterocycles. The zero-order chi connectivity index (χ0) is 21.4. The molecule has 2 aromatic carbocycles. The van der Waals surface area contributed by atoms with Gasteiger partial charge in [0.05, 0.1) is 22.4 Å². The molecule has 29 heavy (non-hydrogen) atoms. The van der Waals surface area contributed by atoms with E-state index in [1.165, 1.54) is 12.3 Å². The Morgan fingerprint density at radius 3 is 2.62 bits per heavy atom. The van der Waals surface area contributed by atoms with Crippen molar-refractivity contribution in [3.8, 4) is 5.75 Å². The lowest BCUT2D eigenvalue weighted by Crippen LogP contribution is -2.29. The van der Waals surface area contributed by atoms with Gasteiger partial charge in [0.1, 0.15) is 5.75 Å². The van der Waals surface area contributed by atoms with Gasteiger partial charge in [0.2, 0.25) is 5.91 Å². The normalized spacial score (nSPS) is 11.0. The van der Waals surface area contributed by atoms with Gasteiger partial charge in [0, 0.05) is 28.6 Å². The summed E-state index contributed by atoms with van der Waals surface area (Å²) in [6.45, 7) is 4.01. The summed E-state index contributed by atoms with van der Waals surface area (Å²) in [7, 11) is 0. The molecule has 2 rings (SSSR count). The summed E-state index contributed by atoms with van der Waals surface area (Å²) in [5.74, 6) is -0.0171. The second kappa shape index (κ2) is 11.2. The number of ether oxygens (including phenoxy) is 1. The number of nitrogens with one attached hydrogen (secondary N) is 2. The van der Waals surface area contributed by atoms with Gasteiger partial charge in [-0.2, -0.15) is 5.10 Å². The van der Waals surface area contributed by atoms with Crippen LogP contribution in [-0.2, 0) is 4.79 Å². The summed E-state index contributed by atoms with van der Waals surface area (Å²) in [4.78, 5) is 24.0. The Labute approximate surface area is 187 Å². The highest BCUT2D eigenvalue weighted by molar-refractivity contribution is 9.10. The first-order valence-corrected chi connectivity index (χ1v) is 10.3. The van der Waals surface area contributed by atoms with Crippen molar-refractivity contribution in [2.75, 3.05) is 6.54 Å². The van der Waals surface area contributed by atoms with Crippen LogP contribution in [0.5, 0.6) is 5.75 Å². The van der Waals surface area contributed by atoms with Gasteiger partial charge >= 0.3 is 0 Å². The maximum atomic E-state index is 12.1. The average molecular weight is 501 g/mol. The average Bonchev–Trinajstić information content (AvgIpc) is 2.65. The number of hydrazone groups is 1. The minimum absolute atomic E-state index is 0.0112. The van der Waals surface area contributed by atoms with Gasteiger partial charge in [-0.05, 0) is 50.2 Å². The van der Waals surface area contributed by atoms with Crippen LogP contribution in [-0.4, -0.2) is 30.7 Å². The number of carbonyl (C=O) groups is 2. The Morgan fingerprint density at radius 1 is 1.17 bits per heavy atom. The van der Waals surface area contributed by atoms with E-state index in [0.717, 1.165) is 10.0 Å². The van der Waals surface area contributed by atoms with Crippen LogP contribution in [0.15, 0.2) is 46.0 Å². The van der Waals surface area contributed by atoms with Crippen molar-refractivity contribution in [1.29, 1.82) is 0 Å². The summed E-state index contributed by atoms with van der Waals surface area (Å²) in [5, 5.41) is 7.26. The molecule has 2 amide bonds. The number of nitrogens with zero attached hydrogens (tertiary/aromatic N) is 1. The Balaban J connectivity index is 1.83. The molecule has 2 N–H and O–H groups in total. The van der Waals surface area contributed by atoms with Gasteiger partial charge in [0.15, 0.2) is 0 Å². The van der Waals surface area contributed by atoms with E-state index in [0.29, 0.717) is 21.4 Å². The molecule has 6 nitrogen and oxygen atoms in total. The zero-order valence-corrected chi connectivity index (χ0v) is 18.9. The molecule has 9 heteroatoms. The summed E-state index contributed by atoms with van der Waals surface area (Å²) < 4.78 is 6.58. The van der Waals surface area contributed by atoms with Crippen LogP contribution in [0.4, 0.5) is 0 Å². The molecular weight excluding hydrogens is 481 g/mol. The number of carbonyl (C=O) groups excluding carboxylic acids is 2. The van der Waals surface area contributed by atoms with E-state index in [2.05, 4.69) is 31.8 Å². The Morgan fingerprint density at radius 2 is 1.93 bits per heavy atom. The fourth-order valence-corrected chi connectivity index (χ4v) is 2.92. The van der Waals surface area contributed by atoms with Gasteiger partial charge in [-0.3, -0.25) is 9.59 Å². The predicted octanol–water partition coefficient (Wildman–Crippen LogP) is 4.81.